The summed E-state index contributed by atoms with van der Waals surface area (Å²) in [6.45, 7) is 1.69. The lowest BCUT2D eigenvalue weighted by Crippen LogP contribution is -2.30. The highest BCUT2D eigenvalue weighted by atomic mass is 16.5. The van der Waals surface area contributed by atoms with Crippen LogP contribution in [0.3, 0.4) is 0 Å². The Morgan fingerprint density at radius 1 is 1.23 bits per heavy atom. The van der Waals surface area contributed by atoms with Gasteiger partial charge in [-0.3, -0.25) is 9.99 Å². The number of hydrogen-bond acceptors (Lipinski definition) is 4. The molecule has 0 aliphatic carbocycles. The van der Waals surface area contributed by atoms with Gasteiger partial charge in [0.05, 0.1) is 18.3 Å². The minimum atomic E-state index is 0.354. The maximum absolute atomic E-state index is 5.32. The third-order valence-electron chi connectivity index (χ3n) is 3.89. The van der Waals surface area contributed by atoms with Crippen LogP contribution in [0.25, 0.3) is 0 Å². The van der Waals surface area contributed by atoms with Crippen molar-refractivity contribution in [1.82, 2.24) is 9.99 Å². The van der Waals surface area contributed by atoms with Crippen LogP contribution in [0, 0.1) is 0 Å². The molecule has 1 aliphatic heterocycles. The van der Waals surface area contributed by atoms with E-state index in [-0.39, 0.29) is 0 Å². The van der Waals surface area contributed by atoms with E-state index in [1.165, 1.54) is 0 Å². The molecule has 0 spiro atoms. The molecule has 1 aromatic carbocycles. The van der Waals surface area contributed by atoms with Crippen LogP contribution in [0.15, 0.2) is 59.8 Å². The molecule has 0 amide bonds. The van der Waals surface area contributed by atoms with Crippen molar-refractivity contribution < 1.29 is 4.74 Å². The highest BCUT2D eigenvalue weighted by Gasteiger charge is 2.24. The van der Waals surface area contributed by atoms with Gasteiger partial charge in [-0.05, 0) is 25.0 Å². The molecule has 1 aromatic heterocycles. The van der Waals surface area contributed by atoms with Crippen LogP contribution in [0.1, 0.15) is 24.1 Å². The fourth-order valence-corrected chi connectivity index (χ4v) is 2.80. The molecule has 1 aliphatic rings. The maximum Gasteiger partial charge on any atom is 0.116 e. The molecule has 0 N–H and O–H groups in total. The van der Waals surface area contributed by atoms with Gasteiger partial charge in [-0.25, -0.2) is 0 Å². The minimum absolute atomic E-state index is 0.354. The third-order valence-corrected chi connectivity index (χ3v) is 3.89. The quantitative estimate of drug-likeness (QED) is 0.796. The van der Waals surface area contributed by atoms with Crippen molar-refractivity contribution in [2.45, 2.75) is 18.9 Å². The number of hydrazone groups is 1. The van der Waals surface area contributed by atoms with E-state index >= 15 is 0 Å². The topological polar surface area (TPSA) is 37.7 Å². The molecule has 22 heavy (non-hydrogen) atoms. The molecule has 4 nitrogen and oxygen atoms in total. The lowest BCUT2D eigenvalue weighted by Gasteiger charge is -2.22. The number of methoxy groups -OCH3 is 1. The third kappa shape index (κ3) is 3.34. The van der Waals surface area contributed by atoms with Gasteiger partial charge in [0.1, 0.15) is 5.71 Å². The second kappa shape index (κ2) is 7.18. The van der Waals surface area contributed by atoms with Gasteiger partial charge in [-0.15, -0.1) is 0 Å². The fraction of sp³-hybridized carbons (Fsp3) is 0.333. The summed E-state index contributed by atoms with van der Waals surface area (Å²) in [7, 11) is 1.75. The van der Waals surface area contributed by atoms with E-state index < -0.39 is 0 Å². The highest BCUT2D eigenvalue weighted by Crippen LogP contribution is 2.20. The molecule has 3 rings (SSSR count). The lowest BCUT2D eigenvalue weighted by molar-refractivity contribution is 0.118. The van der Waals surface area contributed by atoms with Crippen molar-refractivity contribution in [2.75, 3.05) is 20.3 Å². The van der Waals surface area contributed by atoms with Gasteiger partial charge in [0.25, 0.3) is 0 Å². The Morgan fingerprint density at radius 2 is 2.05 bits per heavy atom. The summed E-state index contributed by atoms with van der Waals surface area (Å²) >= 11 is 0. The molecule has 1 fully saturated rings. The van der Waals surface area contributed by atoms with Crippen LogP contribution >= 0.6 is 0 Å². The second-order valence-corrected chi connectivity index (χ2v) is 5.44. The highest BCUT2D eigenvalue weighted by molar-refractivity contribution is 6.11. The van der Waals surface area contributed by atoms with Crippen molar-refractivity contribution in [3.05, 3.63) is 66.0 Å². The molecular weight excluding hydrogens is 274 g/mol. The zero-order valence-corrected chi connectivity index (χ0v) is 12.9. The number of ether oxygens (including phenoxy) is 1. The maximum atomic E-state index is 5.32. The van der Waals surface area contributed by atoms with Crippen LogP contribution in [-0.4, -0.2) is 42.0 Å². The molecule has 4 heteroatoms. The van der Waals surface area contributed by atoms with Gasteiger partial charge in [-0.2, -0.15) is 5.10 Å². The van der Waals surface area contributed by atoms with Crippen molar-refractivity contribution in [2.24, 2.45) is 5.10 Å². The largest absolute Gasteiger partial charge is 0.382 e. The summed E-state index contributed by atoms with van der Waals surface area (Å²) in [6, 6.07) is 16.5. The fourth-order valence-electron chi connectivity index (χ4n) is 2.80. The van der Waals surface area contributed by atoms with E-state index in [1.54, 1.807) is 7.11 Å². The average molecular weight is 295 g/mol. The minimum Gasteiger partial charge on any atom is -0.382 e. The Balaban J connectivity index is 1.97. The van der Waals surface area contributed by atoms with E-state index in [0.29, 0.717) is 12.6 Å². The lowest BCUT2D eigenvalue weighted by atomic mass is 10.1. The van der Waals surface area contributed by atoms with Crippen LogP contribution < -0.4 is 0 Å². The smallest absolute Gasteiger partial charge is 0.116 e. The van der Waals surface area contributed by atoms with E-state index in [4.69, 9.17) is 9.84 Å². The Labute approximate surface area is 131 Å². The summed E-state index contributed by atoms with van der Waals surface area (Å²) in [4.78, 5) is 4.48. The summed E-state index contributed by atoms with van der Waals surface area (Å²) in [6.07, 6.45) is 4.09. The van der Waals surface area contributed by atoms with Gasteiger partial charge in [0, 0.05) is 25.4 Å². The number of benzene rings is 1. The van der Waals surface area contributed by atoms with Crippen molar-refractivity contribution in [3.63, 3.8) is 0 Å². The first-order chi connectivity index (χ1) is 10.9. The number of aromatic nitrogens is 1. The summed E-state index contributed by atoms with van der Waals surface area (Å²) in [5.41, 5.74) is 2.91. The van der Waals surface area contributed by atoms with Crippen molar-refractivity contribution in [3.8, 4) is 0 Å². The summed E-state index contributed by atoms with van der Waals surface area (Å²) in [5, 5.41) is 7.08. The standard InChI is InChI=1S/C18H21N3O/c1-22-14-16-10-7-13-21(16)20-18(15-8-3-2-4-9-15)17-11-5-6-12-19-17/h2-6,8-9,11-12,16H,7,10,13-14H2,1H3/b20-18-/t16-/m0/s1. The monoisotopic (exact) mass is 295 g/mol. The Morgan fingerprint density at radius 3 is 2.77 bits per heavy atom. The van der Waals surface area contributed by atoms with Gasteiger partial charge in [0.15, 0.2) is 0 Å². The van der Waals surface area contributed by atoms with E-state index in [1.807, 2.05) is 42.6 Å². The molecule has 1 atom stereocenters. The molecular formula is C18H21N3O. The van der Waals surface area contributed by atoms with Crippen LogP contribution in [0.2, 0.25) is 0 Å². The van der Waals surface area contributed by atoms with Crippen molar-refractivity contribution in [1.29, 1.82) is 0 Å². The van der Waals surface area contributed by atoms with Crippen LogP contribution in [0.4, 0.5) is 0 Å². The first-order valence-corrected chi connectivity index (χ1v) is 7.69. The molecule has 0 saturated carbocycles. The molecule has 2 aromatic rings. The normalized spacial score (nSPS) is 18.7. The SMILES string of the molecule is COC[C@@H]1CCCN1/N=C(/c1ccccc1)c1ccccn1. The molecule has 0 unspecified atom stereocenters. The van der Waals surface area contributed by atoms with Crippen LogP contribution in [0.5, 0.6) is 0 Å². The van der Waals surface area contributed by atoms with E-state index in [2.05, 4.69) is 22.1 Å². The number of nitrogens with zero attached hydrogens (tertiary/aromatic N) is 3. The van der Waals surface area contributed by atoms with Crippen LogP contribution in [-0.2, 0) is 4.74 Å². The zero-order valence-electron chi connectivity index (χ0n) is 12.9. The predicted molar refractivity (Wildman–Crippen MR) is 87.9 cm³/mol. The average Bonchev–Trinajstić information content (AvgIpc) is 3.02. The van der Waals surface area contributed by atoms with Crippen molar-refractivity contribution >= 4 is 5.71 Å². The second-order valence-electron chi connectivity index (χ2n) is 5.44. The number of rotatable bonds is 5. The first kappa shape index (κ1) is 14.7. The van der Waals surface area contributed by atoms with Gasteiger partial charge in [-0.1, -0.05) is 36.4 Å². The molecule has 114 valence electrons. The molecule has 2 heterocycles. The summed E-state index contributed by atoms with van der Waals surface area (Å²) < 4.78 is 5.32. The predicted octanol–water partition coefficient (Wildman–Crippen LogP) is 2.94. The van der Waals surface area contributed by atoms with E-state index in [9.17, 15) is 0 Å². The molecule has 0 radical (unpaired) electrons. The van der Waals surface area contributed by atoms with Gasteiger partial charge in [0.2, 0.25) is 0 Å². The zero-order chi connectivity index (χ0) is 15.2. The van der Waals surface area contributed by atoms with Gasteiger partial charge >= 0.3 is 0 Å². The first-order valence-electron chi connectivity index (χ1n) is 7.69. The number of pyridine rings is 1. The van der Waals surface area contributed by atoms with Gasteiger partial charge < -0.3 is 4.74 Å². The molecule has 0 bridgehead atoms. The molecule has 1 saturated heterocycles. The Hall–Kier alpha value is -2.20. The summed E-state index contributed by atoms with van der Waals surface area (Å²) in [5.74, 6) is 0. The Kier molecular flexibility index (Phi) is 4.81. The number of hydrogen-bond donors (Lipinski definition) is 0. The van der Waals surface area contributed by atoms with E-state index in [0.717, 1.165) is 36.4 Å². The Bertz CT molecular complexity index is 571.